The van der Waals surface area contributed by atoms with Crippen molar-refractivity contribution >= 4 is 0 Å². The summed E-state index contributed by atoms with van der Waals surface area (Å²) in [5, 5.41) is 0. The Balaban J connectivity index is 2.69. The van der Waals surface area contributed by atoms with Gasteiger partial charge in [0.05, 0.1) is 0 Å². The van der Waals surface area contributed by atoms with Crippen LogP contribution in [0.25, 0.3) is 0 Å². The molecule has 2 nitrogen and oxygen atoms in total. The molecule has 1 aromatic rings. The molecule has 0 fully saturated rings. The topological polar surface area (TPSA) is 13.1 Å². The highest BCUT2D eigenvalue weighted by Crippen LogP contribution is 1.91. The van der Waals surface area contributed by atoms with Crippen molar-refractivity contribution in [3.05, 3.63) is 30.1 Å². The van der Waals surface area contributed by atoms with Crippen molar-refractivity contribution in [1.82, 2.24) is 0 Å². The SMILES string of the molecule is COC(C)C[n+]1ccccc1C. The Morgan fingerprint density at radius 1 is 1.50 bits per heavy atom. The predicted octanol–water partition coefficient (Wildman–Crippen LogP) is 1.32. The minimum atomic E-state index is 0.274. The van der Waals surface area contributed by atoms with Crippen molar-refractivity contribution in [2.75, 3.05) is 7.11 Å². The number of nitrogens with zero attached hydrogens (tertiary/aromatic N) is 1. The van der Waals surface area contributed by atoms with E-state index >= 15 is 0 Å². The molecule has 0 saturated carbocycles. The second kappa shape index (κ2) is 4.21. The van der Waals surface area contributed by atoms with Crippen molar-refractivity contribution < 1.29 is 9.30 Å². The van der Waals surface area contributed by atoms with Crippen LogP contribution in [0.3, 0.4) is 0 Å². The highest BCUT2D eigenvalue weighted by molar-refractivity contribution is 4.94. The maximum absolute atomic E-state index is 5.19. The first-order valence-corrected chi connectivity index (χ1v) is 4.22. The molecule has 0 bridgehead atoms. The molecule has 0 radical (unpaired) electrons. The molecule has 0 aliphatic heterocycles. The van der Waals surface area contributed by atoms with E-state index in [9.17, 15) is 0 Å². The van der Waals surface area contributed by atoms with Gasteiger partial charge in [-0.2, -0.15) is 0 Å². The number of methoxy groups -OCH3 is 1. The van der Waals surface area contributed by atoms with Crippen molar-refractivity contribution in [3.8, 4) is 0 Å². The normalized spacial score (nSPS) is 12.9. The summed E-state index contributed by atoms with van der Waals surface area (Å²) in [7, 11) is 1.74. The quantitative estimate of drug-likeness (QED) is 0.617. The van der Waals surface area contributed by atoms with Crippen LogP contribution in [0, 0.1) is 6.92 Å². The zero-order chi connectivity index (χ0) is 8.97. The van der Waals surface area contributed by atoms with Crippen LogP contribution in [0.4, 0.5) is 0 Å². The van der Waals surface area contributed by atoms with E-state index in [1.807, 2.05) is 12.1 Å². The van der Waals surface area contributed by atoms with Crippen molar-refractivity contribution in [2.24, 2.45) is 0 Å². The fourth-order valence-corrected chi connectivity index (χ4v) is 1.12. The molecule has 12 heavy (non-hydrogen) atoms. The third-order valence-corrected chi connectivity index (χ3v) is 2.02. The maximum atomic E-state index is 5.19. The van der Waals surface area contributed by atoms with Crippen LogP contribution in [-0.4, -0.2) is 13.2 Å². The van der Waals surface area contributed by atoms with Gasteiger partial charge in [0.1, 0.15) is 6.10 Å². The molecule has 0 spiro atoms. The van der Waals surface area contributed by atoms with Gasteiger partial charge in [0.15, 0.2) is 18.4 Å². The summed E-state index contributed by atoms with van der Waals surface area (Å²) in [6.07, 6.45) is 2.35. The molecule has 1 heterocycles. The van der Waals surface area contributed by atoms with Gasteiger partial charge in [0.25, 0.3) is 0 Å². The zero-order valence-electron chi connectivity index (χ0n) is 7.95. The number of pyridine rings is 1. The number of aryl methyl sites for hydroxylation is 1. The molecular formula is C10H16NO+. The van der Waals surface area contributed by atoms with Crippen LogP contribution in [0.1, 0.15) is 12.6 Å². The predicted molar refractivity (Wildman–Crippen MR) is 47.8 cm³/mol. The Hall–Kier alpha value is -0.890. The van der Waals surface area contributed by atoms with E-state index in [-0.39, 0.29) is 6.10 Å². The van der Waals surface area contributed by atoms with E-state index in [2.05, 4.69) is 30.7 Å². The van der Waals surface area contributed by atoms with Gasteiger partial charge < -0.3 is 4.74 Å². The van der Waals surface area contributed by atoms with Crippen LogP contribution < -0.4 is 4.57 Å². The summed E-state index contributed by atoms with van der Waals surface area (Å²) in [5.41, 5.74) is 1.27. The summed E-state index contributed by atoms with van der Waals surface area (Å²) in [5.74, 6) is 0. The minimum absolute atomic E-state index is 0.274. The zero-order valence-corrected chi connectivity index (χ0v) is 7.95. The molecule has 0 amide bonds. The van der Waals surface area contributed by atoms with Gasteiger partial charge in [-0.1, -0.05) is 6.07 Å². The lowest BCUT2D eigenvalue weighted by molar-refractivity contribution is -0.709. The van der Waals surface area contributed by atoms with Gasteiger partial charge in [-0.3, -0.25) is 0 Å². The Morgan fingerprint density at radius 3 is 2.83 bits per heavy atom. The summed E-state index contributed by atoms with van der Waals surface area (Å²) in [6, 6.07) is 6.18. The maximum Gasteiger partial charge on any atom is 0.178 e. The highest BCUT2D eigenvalue weighted by atomic mass is 16.5. The molecule has 1 atom stereocenters. The molecule has 1 rings (SSSR count). The van der Waals surface area contributed by atoms with E-state index < -0.39 is 0 Å². The Kier molecular flexibility index (Phi) is 3.23. The van der Waals surface area contributed by atoms with Crippen LogP contribution >= 0.6 is 0 Å². The molecule has 1 aromatic heterocycles. The summed E-state index contributed by atoms with van der Waals surface area (Å²) >= 11 is 0. The summed E-state index contributed by atoms with van der Waals surface area (Å²) < 4.78 is 7.38. The molecule has 1 unspecified atom stereocenters. The molecule has 0 aliphatic carbocycles. The summed E-state index contributed by atoms with van der Waals surface area (Å²) in [6.45, 7) is 5.09. The summed E-state index contributed by atoms with van der Waals surface area (Å²) in [4.78, 5) is 0. The van der Waals surface area contributed by atoms with Crippen LogP contribution in [0.2, 0.25) is 0 Å². The average Bonchev–Trinajstić information content (AvgIpc) is 2.09. The fraction of sp³-hybridized carbons (Fsp3) is 0.500. The third-order valence-electron chi connectivity index (χ3n) is 2.02. The van der Waals surface area contributed by atoms with Crippen LogP contribution in [0.15, 0.2) is 24.4 Å². The van der Waals surface area contributed by atoms with Gasteiger partial charge >= 0.3 is 0 Å². The fourth-order valence-electron chi connectivity index (χ4n) is 1.12. The lowest BCUT2D eigenvalue weighted by Crippen LogP contribution is -2.41. The standard InChI is InChI=1S/C10H16NO/c1-9-6-4-5-7-11(9)8-10(2)12-3/h4-7,10H,8H2,1-3H3/q+1. The molecule has 0 aliphatic rings. The van der Waals surface area contributed by atoms with Crippen molar-refractivity contribution in [2.45, 2.75) is 26.5 Å². The number of hydrogen-bond donors (Lipinski definition) is 0. The highest BCUT2D eigenvalue weighted by Gasteiger charge is 2.09. The van der Waals surface area contributed by atoms with Crippen LogP contribution in [-0.2, 0) is 11.3 Å². The number of hydrogen-bond acceptors (Lipinski definition) is 1. The van der Waals surface area contributed by atoms with Gasteiger partial charge in [-0.25, -0.2) is 4.57 Å². The Labute approximate surface area is 73.8 Å². The van der Waals surface area contributed by atoms with Crippen molar-refractivity contribution in [1.29, 1.82) is 0 Å². The molecule has 0 N–H and O–H groups in total. The molecule has 66 valence electrons. The van der Waals surface area contributed by atoms with E-state index in [0.717, 1.165) is 6.54 Å². The van der Waals surface area contributed by atoms with Gasteiger partial charge in [-0.05, 0) is 6.92 Å². The minimum Gasteiger partial charge on any atom is -0.375 e. The third kappa shape index (κ3) is 2.31. The molecule has 2 heteroatoms. The van der Waals surface area contributed by atoms with E-state index in [0.29, 0.717) is 0 Å². The molecule has 0 aromatic carbocycles. The first-order valence-electron chi connectivity index (χ1n) is 4.22. The molecular weight excluding hydrogens is 150 g/mol. The largest absolute Gasteiger partial charge is 0.375 e. The van der Waals surface area contributed by atoms with Crippen molar-refractivity contribution in [3.63, 3.8) is 0 Å². The molecule has 0 saturated heterocycles. The van der Waals surface area contributed by atoms with Gasteiger partial charge in [0, 0.05) is 26.2 Å². The number of aromatic nitrogens is 1. The first-order chi connectivity index (χ1) is 5.74. The number of rotatable bonds is 3. The van der Waals surface area contributed by atoms with E-state index in [1.165, 1.54) is 5.69 Å². The lowest BCUT2D eigenvalue weighted by Gasteiger charge is -2.06. The second-order valence-corrected chi connectivity index (χ2v) is 3.04. The smallest absolute Gasteiger partial charge is 0.178 e. The lowest BCUT2D eigenvalue weighted by atomic mass is 10.3. The van der Waals surface area contributed by atoms with Gasteiger partial charge in [0.2, 0.25) is 0 Å². The second-order valence-electron chi connectivity index (χ2n) is 3.04. The Bertz CT molecular complexity index is 247. The van der Waals surface area contributed by atoms with E-state index in [1.54, 1.807) is 7.11 Å². The van der Waals surface area contributed by atoms with Crippen LogP contribution in [0.5, 0.6) is 0 Å². The first kappa shape index (κ1) is 9.20. The monoisotopic (exact) mass is 166 g/mol. The van der Waals surface area contributed by atoms with E-state index in [4.69, 9.17) is 4.74 Å². The van der Waals surface area contributed by atoms with Gasteiger partial charge in [-0.15, -0.1) is 0 Å². The average molecular weight is 166 g/mol. The Morgan fingerprint density at radius 2 is 2.25 bits per heavy atom. The number of ether oxygens (including phenoxy) is 1.